The predicted octanol–water partition coefficient (Wildman–Crippen LogP) is 4.56. The molecule has 0 spiro atoms. The fraction of sp³-hybridized carbons (Fsp3) is 0.0909. The van der Waals surface area contributed by atoms with Gasteiger partial charge in [0, 0.05) is 6.07 Å². The molecule has 0 aliphatic heterocycles. The lowest BCUT2D eigenvalue weighted by atomic mass is 10.2. The fourth-order valence-electron chi connectivity index (χ4n) is 3.18. The number of carbonyl (C=O) groups excluding carboxylic acids is 1. The highest BCUT2D eigenvalue weighted by Gasteiger charge is 2.34. The fourth-order valence-corrected chi connectivity index (χ4v) is 5.51. The van der Waals surface area contributed by atoms with Gasteiger partial charge in [0.2, 0.25) is 0 Å². The summed E-state index contributed by atoms with van der Waals surface area (Å²) in [7, 11) is -1.66. The standard InChI is InChI=1S/C22H16ClNO7S2/c1-29-17-10-8-14(12-19(17)30-2)33(27,28)24(21(25)15-5-3-4-6-16(15)23)13-7-9-18-20(11-13)32-22(26)31-18/h3-12H,1-2H3. The summed E-state index contributed by atoms with van der Waals surface area (Å²) in [4.78, 5) is 24.4. The topological polar surface area (TPSA) is 103 Å². The molecule has 0 atom stereocenters. The molecule has 1 amide bonds. The molecule has 3 aromatic carbocycles. The molecule has 11 heteroatoms. The van der Waals surface area contributed by atoms with Gasteiger partial charge in [-0.25, -0.2) is 13.2 Å². The summed E-state index contributed by atoms with van der Waals surface area (Å²) in [6, 6.07) is 14.3. The number of ether oxygens (including phenoxy) is 2. The van der Waals surface area contributed by atoms with Crippen LogP contribution >= 0.6 is 22.9 Å². The smallest absolute Gasteiger partial charge is 0.396 e. The first kappa shape index (κ1) is 22.8. The maximum atomic E-state index is 13.8. The number of halogens is 1. The average Bonchev–Trinajstić information content (AvgIpc) is 3.18. The lowest BCUT2D eigenvalue weighted by Gasteiger charge is -2.23. The van der Waals surface area contributed by atoms with Gasteiger partial charge < -0.3 is 13.9 Å². The minimum absolute atomic E-state index is 0.0105. The van der Waals surface area contributed by atoms with Gasteiger partial charge in [-0.15, -0.1) is 0 Å². The van der Waals surface area contributed by atoms with Crippen LogP contribution in [0.15, 0.2) is 74.8 Å². The molecule has 0 aliphatic carbocycles. The van der Waals surface area contributed by atoms with Crippen LogP contribution in [-0.2, 0) is 10.0 Å². The summed E-state index contributed by atoms with van der Waals surface area (Å²) in [6.45, 7) is 0. The maximum absolute atomic E-state index is 13.8. The Morgan fingerprint density at radius 2 is 1.73 bits per heavy atom. The molecular weight excluding hydrogens is 490 g/mol. The number of carbonyl (C=O) groups is 1. The number of nitrogens with zero attached hydrogens (tertiary/aromatic N) is 1. The first-order chi connectivity index (χ1) is 15.8. The van der Waals surface area contributed by atoms with Crippen molar-refractivity contribution in [2.75, 3.05) is 18.5 Å². The van der Waals surface area contributed by atoms with Gasteiger partial charge in [0.15, 0.2) is 11.5 Å². The van der Waals surface area contributed by atoms with Crippen LogP contribution in [-0.4, -0.2) is 28.5 Å². The highest BCUT2D eigenvalue weighted by molar-refractivity contribution is 7.93. The quantitative estimate of drug-likeness (QED) is 0.378. The Labute approximate surface area is 197 Å². The van der Waals surface area contributed by atoms with E-state index >= 15 is 0 Å². The zero-order valence-corrected chi connectivity index (χ0v) is 19.7. The molecule has 0 saturated heterocycles. The zero-order valence-electron chi connectivity index (χ0n) is 17.3. The summed E-state index contributed by atoms with van der Waals surface area (Å²) in [5.74, 6) is -0.372. The predicted molar refractivity (Wildman–Crippen MR) is 125 cm³/mol. The van der Waals surface area contributed by atoms with Crippen LogP contribution < -0.4 is 18.7 Å². The Morgan fingerprint density at radius 3 is 2.42 bits per heavy atom. The number of anilines is 1. The summed E-state index contributed by atoms with van der Waals surface area (Å²) in [5, 5.41) is 0.0871. The monoisotopic (exact) mass is 505 g/mol. The molecule has 4 rings (SSSR count). The van der Waals surface area contributed by atoms with Crippen molar-refractivity contribution in [3.8, 4) is 11.5 Å². The van der Waals surface area contributed by atoms with Crippen LogP contribution in [0.3, 0.4) is 0 Å². The average molecular weight is 506 g/mol. The molecule has 0 aliphatic rings. The summed E-state index contributed by atoms with van der Waals surface area (Å²) in [5.41, 5.74) is 0.283. The summed E-state index contributed by atoms with van der Waals surface area (Å²) >= 11 is 6.99. The van der Waals surface area contributed by atoms with E-state index in [-0.39, 0.29) is 32.5 Å². The van der Waals surface area contributed by atoms with Crippen LogP contribution in [0.2, 0.25) is 5.02 Å². The molecule has 0 unspecified atom stereocenters. The van der Waals surface area contributed by atoms with E-state index in [4.69, 9.17) is 25.5 Å². The normalized spacial score (nSPS) is 11.4. The second-order valence-corrected chi connectivity index (χ2v) is 9.83. The van der Waals surface area contributed by atoms with Crippen LogP contribution in [0.1, 0.15) is 10.4 Å². The second-order valence-electron chi connectivity index (χ2n) is 6.66. The molecule has 0 saturated carbocycles. The number of fused-ring (bicyclic) bond motifs is 1. The third kappa shape index (κ3) is 4.20. The number of hydrogen-bond acceptors (Lipinski definition) is 8. The van der Waals surface area contributed by atoms with Crippen molar-refractivity contribution in [3.63, 3.8) is 0 Å². The van der Waals surface area contributed by atoms with Crippen molar-refractivity contribution in [3.05, 3.63) is 81.0 Å². The molecular formula is C22H16ClNO7S2. The Balaban J connectivity index is 1.94. The van der Waals surface area contributed by atoms with Gasteiger partial charge in [0.05, 0.1) is 40.1 Å². The van der Waals surface area contributed by atoms with Crippen molar-refractivity contribution in [2.45, 2.75) is 4.90 Å². The van der Waals surface area contributed by atoms with Gasteiger partial charge in [-0.1, -0.05) is 35.1 Å². The van der Waals surface area contributed by atoms with Crippen LogP contribution in [0.4, 0.5) is 5.69 Å². The van der Waals surface area contributed by atoms with Crippen LogP contribution in [0.25, 0.3) is 10.3 Å². The number of amides is 1. The largest absolute Gasteiger partial charge is 0.493 e. The third-order valence-electron chi connectivity index (χ3n) is 4.73. The minimum Gasteiger partial charge on any atom is -0.493 e. The van der Waals surface area contributed by atoms with Crippen molar-refractivity contribution >= 4 is 54.8 Å². The van der Waals surface area contributed by atoms with Gasteiger partial charge in [-0.05, 0) is 42.5 Å². The van der Waals surface area contributed by atoms with Gasteiger partial charge >= 0.3 is 4.94 Å². The highest BCUT2D eigenvalue weighted by atomic mass is 35.5. The van der Waals surface area contributed by atoms with Crippen molar-refractivity contribution in [2.24, 2.45) is 0 Å². The Morgan fingerprint density at radius 1 is 1.00 bits per heavy atom. The number of benzene rings is 3. The van der Waals surface area contributed by atoms with Crippen molar-refractivity contribution in [1.29, 1.82) is 0 Å². The number of rotatable bonds is 6. The maximum Gasteiger partial charge on any atom is 0.396 e. The molecule has 1 aromatic heterocycles. The van der Waals surface area contributed by atoms with E-state index in [0.29, 0.717) is 14.8 Å². The Bertz CT molecular complexity index is 1530. The molecule has 4 aromatic rings. The highest BCUT2D eigenvalue weighted by Crippen LogP contribution is 2.35. The van der Waals surface area contributed by atoms with Crippen molar-refractivity contribution in [1.82, 2.24) is 0 Å². The second kappa shape index (κ2) is 8.89. The van der Waals surface area contributed by atoms with Gasteiger partial charge in [-0.2, -0.15) is 4.31 Å². The molecule has 0 radical (unpaired) electrons. The molecule has 0 N–H and O–H groups in total. The molecule has 0 fully saturated rings. The molecule has 8 nitrogen and oxygen atoms in total. The summed E-state index contributed by atoms with van der Waals surface area (Å²) < 4.78 is 44.0. The first-order valence-corrected chi connectivity index (χ1v) is 12.0. The van der Waals surface area contributed by atoms with E-state index in [0.717, 1.165) is 11.3 Å². The van der Waals surface area contributed by atoms with Gasteiger partial charge in [0.25, 0.3) is 15.9 Å². The first-order valence-electron chi connectivity index (χ1n) is 9.36. The van der Waals surface area contributed by atoms with E-state index < -0.39 is 20.9 Å². The van der Waals surface area contributed by atoms with Gasteiger partial charge in [-0.3, -0.25) is 4.79 Å². The molecule has 1 heterocycles. The minimum atomic E-state index is -4.45. The lowest BCUT2D eigenvalue weighted by Crippen LogP contribution is -2.37. The van der Waals surface area contributed by atoms with Crippen molar-refractivity contribution < 1.29 is 27.1 Å². The molecule has 0 bridgehead atoms. The van der Waals surface area contributed by atoms with E-state index in [9.17, 15) is 18.0 Å². The van der Waals surface area contributed by atoms with Gasteiger partial charge in [0.1, 0.15) is 5.58 Å². The van der Waals surface area contributed by atoms with E-state index in [1.807, 2.05) is 0 Å². The number of sulfonamides is 1. The summed E-state index contributed by atoms with van der Waals surface area (Å²) in [6.07, 6.45) is 0. The van der Waals surface area contributed by atoms with E-state index in [2.05, 4.69) is 0 Å². The van der Waals surface area contributed by atoms with Crippen LogP contribution in [0.5, 0.6) is 11.5 Å². The number of methoxy groups -OCH3 is 2. The lowest BCUT2D eigenvalue weighted by molar-refractivity contribution is 0.101. The molecule has 170 valence electrons. The van der Waals surface area contributed by atoms with Crippen LogP contribution in [0, 0.1) is 0 Å². The third-order valence-corrected chi connectivity index (χ3v) is 7.56. The molecule has 33 heavy (non-hydrogen) atoms. The SMILES string of the molecule is COc1ccc(S(=O)(=O)N(C(=O)c2ccccc2Cl)c2ccc3oc(=O)sc3c2)cc1OC. The zero-order chi connectivity index (χ0) is 23.8. The Hall–Kier alpha value is -3.34. The van der Waals surface area contributed by atoms with E-state index in [1.165, 1.54) is 62.8 Å². The van der Waals surface area contributed by atoms with E-state index in [1.54, 1.807) is 12.1 Å². The Kier molecular flexibility index (Phi) is 6.15. The number of hydrogen-bond donors (Lipinski definition) is 0.